The average Bonchev–Trinajstić information content (AvgIpc) is 2.40. The van der Waals surface area contributed by atoms with E-state index in [9.17, 15) is 4.80 Å². The number of nitrogens with zero attached hydrogens (tertiary/aromatic N) is 1. The molecule has 0 saturated carbocycles. The topological polar surface area (TPSA) is 33.3 Å². The van der Waals surface area contributed by atoms with Gasteiger partial charge < -0.3 is 0 Å². The molecule has 2 rings (SSSR count). The Labute approximate surface area is 92.5 Å². The van der Waals surface area contributed by atoms with Crippen LogP contribution in [0.1, 0.15) is 0 Å². The van der Waals surface area contributed by atoms with Crippen molar-refractivity contribution in [2.24, 2.45) is 0 Å². The SMILES string of the molecule is C[Si-]1(O)(CCl)C[n+]2c(Cl)cccc2O1. The molecular formula is C8H11Cl2NO2Si. The van der Waals surface area contributed by atoms with Gasteiger partial charge in [0.25, 0.3) is 0 Å². The molecule has 0 spiro atoms. The van der Waals surface area contributed by atoms with Crippen LogP contribution in [0.25, 0.3) is 0 Å². The summed E-state index contributed by atoms with van der Waals surface area (Å²) in [7, 11) is -3.47. The van der Waals surface area contributed by atoms with Gasteiger partial charge >= 0.3 is 92.3 Å². The number of fused-ring (bicyclic) bond motifs is 1. The van der Waals surface area contributed by atoms with Gasteiger partial charge in [-0.2, -0.15) is 0 Å². The molecule has 1 aliphatic heterocycles. The van der Waals surface area contributed by atoms with E-state index in [1.54, 1.807) is 29.3 Å². The maximum atomic E-state index is 10.3. The first-order chi connectivity index (χ1) is 6.43. The predicted molar refractivity (Wildman–Crippen MR) is 56.8 cm³/mol. The van der Waals surface area contributed by atoms with E-state index in [0.717, 1.165) is 0 Å². The van der Waals surface area contributed by atoms with E-state index in [-0.39, 0.29) is 5.50 Å². The Morgan fingerprint density at radius 3 is 2.93 bits per heavy atom. The van der Waals surface area contributed by atoms with Gasteiger partial charge in [-0.25, -0.2) is 0 Å². The molecular weight excluding hydrogens is 241 g/mol. The molecule has 0 aromatic carbocycles. The molecule has 1 N–H and O–H groups in total. The average molecular weight is 252 g/mol. The third kappa shape index (κ3) is 1.52. The van der Waals surface area contributed by atoms with Crippen molar-refractivity contribution in [1.82, 2.24) is 0 Å². The number of hydrogen-bond acceptors (Lipinski definition) is 2. The Morgan fingerprint density at radius 2 is 2.36 bits per heavy atom. The monoisotopic (exact) mass is 251 g/mol. The Kier molecular flexibility index (Phi) is 2.09. The number of aromatic nitrogens is 1. The number of hydrogen-bond donors (Lipinski definition) is 1. The molecule has 6 heteroatoms. The quantitative estimate of drug-likeness (QED) is 0.354. The first-order valence-electron chi connectivity index (χ1n) is 4.30. The summed E-state index contributed by atoms with van der Waals surface area (Å²) in [6.07, 6.45) is 0.387. The van der Waals surface area contributed by atoms with Crippen LogP contribution < -0.4 is 8.99 Å². The van der Waals surface area contributed by atoms with E-state index < -0.39 is 7.84 Å². The minimum atomic E-state index is -3.47. The normalized spacial score (nSPS) is 24.4. The summed E-state index contributed by atoms with van der Waals surface area (Å²) >= 11 is 11.7. The second-order valence-corrected chi connectivity index (χ2v) is 10.2. The Balaban J connectivity index is 2.49. The molecule has 1 aliphatic rings. The number of halogens is 2. The van der Waals surface area contributed by atoms with E-state index in [0.29, 0.717) is 17.2 Å². The first kappa shape index (κ1) is 10.2. The zero-order chi connectivity index (χ0) is 10.4. The van der Waals surface area contributed by atoms with E-state index in [1.807, 2.05) is 0 Å². The third-order valence-corrected chi connectivity index (χ3v) is 7.29. The Hall–Kier alpha value is -0.293. The minimum absolute atomic E-state index is 0.137. The van der Waals surface area contributed by atoms with Crippen molar-refractivity contribution in [2.75, 3.05) is 5.50 Å². The molecule has 0 saturated heterocycles. The fourth-order valence-electron chi connectivity index (χ4n) is 1.54. The summed E-state index contributed by atoms with van der Waals surface area (Å²) in [4.78, 5) is 10.3. The molecule has 0 radical (unpaired) electrons. The van der Waals surface area contributed by atoms with Crippen LogP contribution in [0.5, 0.6) is 5.88 Å². The molecule has 0 amide bonds. The van der Waals surface area contributed by atoms with Crippen molar-refractivity contribution in [3.63, 3.8) is 0 Å². The van der Waals surface area contributed by atoms with E-state index in [4.69, 9.17) is 27.6 Å². The molecule has 0 atom stereocenters. The molecule has 1 aromatic heterocycles. The van der Waals surface area contributed by atoms with Gasteiger partial charge in [0, 0.05) is 0 Å². The van der Waals surface area contributed by atoms with Gasteiger partial charge in [-0.1, -0.05) is 0 Å². The van der Waals surface area contributed by atoms with Crippen molar-refractivity contribution in [2.45, 2.75) is 12.7 Å². The second kappa shape index (κ2) is 2.85. The molecule has 0 bridgehead atoms. The van der Waals surface area contributed by atoms with Gasteiger partial charge in [-0.15, -0.1) is 0 Å². The number of alkyl halides is 1. The number of rotatable bonds is 1. The molecule has 0 unspecified atom stereocenters. The Morgan fingerprint density at radius 1 is 1.64 bits per heavy atom. The van der Waals surface area contributed by atoms with Crippen LogP contribution in [0, 0.1) is 0 Å². The van der Waals surface area contributed by atoms with Crippen molar-refractivity contribution in [3.8, 4) is 5.88 Å². The summed E-state index contributed by atoms with van der Waals surface area (Å²) in [5, 5.41) is 0.556. The van der Waals surface area contributed by atoms with Crippen LogP contribution >= 0.6 is 23.2 Å². The van der Waals surface area contributed by atoms with Crippen molar-refractivity contribution in [3.05, 3.63) is 23.4 Å². The van der Waals surface area contributed by atoms with E-state index >= 15 is 0 Å². The summed E-state index contributed by atoms with van der Waals surface area (Å²) in [6, 6.07) is 5.32. The molecule has 0 fully saturated rings. The van der Waals surface area contributed by atoms with Crippen molar-refractivity contribution < 1.29 is 13.8 Å². The molecule has 78 valence electrons. The fraction of sp³-hybridized carbons (Fsp3) is 0.375. The Bertz CT molecular complexity index is 397. The summed E-state index contributed by atoms with van der Waals surface area (Å²) in [5.74, 6) is 0.594. The summed E-state index contributed by atoms with van der Waals surface area (Å²) in [5.41, 5.74) is 0.137. The predicted octanol–water partition coefficient (Wildman–Crippen LogP) is 1.36. The fourth-order valence-corrected chi connectivity index (χ4v) is 4.39. The zero-order valence-corrected chi connectivity index (χ0v) is 10.2. The molecule has 3 nitrogen and oxygen atoms in total. The first-order valence-corrected chi connectivity index (χ1v) is 8.48. The van der Waals surface area contributed by atoms with Gasteiger partial charge in [-0.05, 0) is 0 Å². The van der Waals surface area contributed by atoms with Crippen molar-refractivity contribution >= 4 is 31.0 Å². The van der Waals surface area contributed by atoms with Gasteiger partial charge in [-0.3, -0.25) is 0 Å². The summed E-state index contributed by atoms with van der Waals surface area (Å²) in [6.45, 7) is 1.70. The van der Waals surface area contributed by atoms with Crippen LogP contribution in [0.4, 0.5) is 0 Å². The van der Waals surface area contributed by atoms with Crippen LogP contribution in [0.15, 0.2) is 18.2 Å². The number of pyridine rings is 1. The van der Waals surface area contributed by atoms with Crippen LogP contribution in [-0.4, -0.2) is 18.1 Å². The molecule has 14 heavy (non-hydrogen) atoms. The van der Waals surface area contributed by atoms with Gasteiger partial charge in [0.2, 0.25) is 0 Å². The van der Waals surface area contributed by atoms with Crippen LogP contribution in [-0.2, 0) is 6.17 Å². The van der Waals surface area contributed by atoms with E-state index in [2.05, 4.69) is 0 Å². The zero-order valence-electron chi connectivity index (χ0n) is 7.70. The van der Waals surface area contributed by atoms with Gasteiger partial charge in [0.05, 0.1) is 0 Å². The molecule has 1 aromatic rings. The molecule has 2 heterocycles. The molecule has 0 aliphatic carbocycles. The maximum absolute atomic E-state index is 10.3. The standard InChI is InChI=1S/C8H11Cl2NO2Si/c1-14(12,5-9)6-11-7(10)3-2-4-8(11)13-14/h2-4,12H,5-6H2,1H3. The summed E-state index contributed by atoms with van der Waals surface area (Å²) < 4.78 is 7.31. The van der Waals surface area contributed by atoms with Gasteiger partial charge in [0.1, 0.15) is 0 Å². The van der Waals surface area contributed by atoms with Crippen LogP contribution in [0.3, 0.4) is 0 Å². The van der Waals surface area contributed by atoms with E-state index in [1.165, 1.54) is 0 Å². The van der Waals surface area contributed by atoms with Crippen LogP contribution in [0.2, 0.25) is 11.7 Å². The second-order valence-electron chi connectivity index (χ2n) is 4.09. The third-order valence-electron chi connectivity index (χ3n) is 2.30. The van der Waals surface area contributed by atoms with Crippen molar-refractivity contribution in [1.29, 1.82) is 0 Å². The van der Waals surface area contributed by atoms with Gasteiger partial charge in [0.15, 0.2) is 0 Å².